The minimum Gasteiger partial charge on any atom is -0.336 e. The van der Waals surface area contributed by atoms with E-state index in [9.17, 15) is 13.6 Å². The Labute approximate surface area is 139 Å². The van der Waals surface area contributed by atoms with Gasteiger partial charge < -0.3 is 10.6 Å². The summed E-state index contributed by atoms with van der Waals surface area (Å²) in [5.41, 5.74) is 2.12. The van der Waals surface area contributed by atoms with Crippen LogP contribution >= 0.6 is 0 Å². The zero-order chi connectivity index (χ0) is 17.3. The molecular weight excluding hydrogens is 314 g/mol. The van der Waals surface area contributed by atoms with Crippen LogP contribution in [0.25, 0.3) is 5.69 Å². The molecule has 0 spiro atoms. The van der Waals surface area contributed by atoms with Gasteiger partial charge in [0.1, 0.15) is 11.6 Å². The first-order chi connectivity index (χ1) is 11.4. The Morgan fingerprint density at radius 2 is 2.00 bits per heavy atom. The lowest BCUT2D eigenvalue weighted by atomic mass is 9.93. The SMILES string of the molecule is CC(C)NC(=O)N[C@@H]1CCCc2c1cnn2-c1cc(F)cc(F)c1. The summed E-state index contributed by atoms with van der Waals surface area (Å²) in [6, 6.07) is 3.00. The number of nitrogens with one attached hydrogen (secondary N) is 2. The maximum absolute atomic E-state index is 13.5. The van der Waals surface area contributed by atoms with Crippen LogP contribution in [0.2, 0.25) is 0 Å². The number of aromatic nitrogens is 2. The zero-order valence-corrected chi connectivity index (χ0v) is 13.6. The number of carbonyl (C=O) groups excluding carboxylic acids is 1. The van der Waals surface area contributed by atoms with Gasteiger partial charge >= 0.3 is 6.03 Å². The first-order valence-electron chi connectivity index (χ1n) is 8.04. The molecule has 3 rings (SSSR count). The number of nitrogens with zero attached hydrogens (tertiary/aromatic N) is 2. The predicted octanol–water partition coefficient (Wildman–Crippen LogP) is 3.24. The van der Waals surface area contributed by atoms with Crippen LogP contribution in [0, 0.1) is 11.6 Å². The molecule has 1 aliphatic rings. The smallest absolute Gasteiger partial charge is 0.315 e. The van der Waals surface area contributed by atoms with Gasteiger partial charge in [0.15, 0.2) is 0 Å². The van der Waals surface area contributed by atoms with E-state index < -0.39 is 11.6 Å². The summed E-state index contributed by atoms with van der Waals surface area (Å²) in [6.45, 7) is 3.78. The van der Waals surface area contributed by atoms with Gasteiger partial charge in [-0.2, -0.15) is 5.10 Å². The van der Waals surface area contributed by atoms with Crippen molar-refractivity contribution in [3.05, 3.63) is 47.3 Å². The summed E-state index contributed by atoms with van der Waals surface area (Å²) in [7, 11) is 0. The summed E-state index contributed by atoms with van der Waals surface area (Å²) in [5, 5.41) is 10.0. The molecule has 0 saturated heterocycles. The second-order valence-electron chi connectivity index (χ2n) is 6.30. The van der Waals surface area contributed by atoms with Crippen molar-refractivity contribution in [2.75, 3.05) is 0 Å². The van der Waals surface area contributed by atoms with Crippen molar-refractivity contribution in [1.29, 1.82) is 0 Å². The lowest BCUT2D eigenvalue weighted by Gasteiger charge is -2.25. The fraction of sp³-hybridized carbons (Fsp3) is 0.412. The molecule has 1 aliphatic carbocycles. The standard InChI is InChI=1S/C17H20F2N4O/c1-10(2)21-17(24)22-15-4-3-5-16-14(15)9-20-23(16)13-7-11(18)6-12(19)8-13/h6-10,15H,3-5H2,1-2H3,(H2,21,22,24)/t15-/m1/s1. The third-order valence-corrected chi connectivity index (χ3v) is 4.00. The van der Waals surface area contributed by atoms with Gasteiger partial charge in [0.2, 0.25) is 0 Å². The number of benzene rings is 1. The fourth-order valence-electron chi connectivity index (χ4n) is 3.05. The van der Waals surface area contributed by atoms with E-state index in [0.29, 0.717) is 5.69 Å². The summed E-state index contributed by atoms with van der Waals surface area (Å²) in [5.74, 6) is -1.29. The van der Waals surface area contributed by atoms with E-state index in [0.717, 1.165) is 36.6 Å². The molecule has 0 bridgehead atoms. The number of fused-ring (bicyclic) bond motifs is 1. The second-order valence-corrected chi connectivity index (χ2v) is 6.30. The van der Waals surface area contributed by atoms with Gasteiger partial charge in [0.05, 0.1) is 17.9 Å². The first-order valence-corrected chi connectivity index (χ1v) is 8.04. The fourth-order valence-corrected chi connectivity index (χ4v) is 3.05. The highest BCUT2D eigenvalue weighted by atomic mass is 19.1. The number of carbonyl (C=O) groups is 1. The topological polar surface area (TPSA) is 59.0 Å². The molecule has 2 amide bonds. The van der Waals surface area contributed by atoms with Crippen LogP contribution < -0.4 is 10.6 Å². The van der Waals surface area contributed by atoms with E-state index in [-0.39, 0.29) is 18.1 Å². The Balaban J connectivity index is 1.88. The van der Waals surface area contributed by atoms with E-state index in [1.807, 2.05) is 13.8 Å². The number of hydrogen-bond acceptors (Lipinski definition) is 2. The molecule has 128 valence electrons. The quantitative estimate of drug-likeness (QED) is 0.905. The van der Waals surface area contributed by atoms with Crippen molar-refractivity contribution in [2.24, 2.45) is 0 Å². The maximum atomic E-state index is 13.5. The second kappa shape index (κ2) is 6.59. The first kappa shape index (κ1) is 16.4. The molecule has 7 heteroatoms. The third-order valence-electron chi connectivity index (χ3n) is 4.00. The Hall–Kier alpha value is -2.44. The van der Waals surface area contributed by atoms with Crippen LogP contribution in [0.4, 0.5) is 13.6 Å². The molecule has 5 nitrogen and oxygen atoms in total. The largest absolute Gasteiger partial charge is 0.336 e. The molecule has 1 atom stereocenters. The van der Waals surface area contributed by atoms with Crippen LogP contribution in [0.15, 0.2) is 24.4 Å². The number of urea groups is 1. The Kier molecular flexibility index (Phi) is 4.51. The van der Waals surface area contributed by atoms with Crippen molar-refractivity contribution < 1.29 is 13.6 Å². The molecule has 0 saturated carbocycles. The van der Waals surface area contributed by atoms with Crippen LogP contribution in [0.5, 0.6) is 0 Å². The number of amides is 2. The molecule has 1 aromatic heterocycles. The van der Waals surface area contributed by atoms with Crippen molar-refractivity contribution in [2.45, 2.75) is 45.2 Å². The van der Waals surface area contributed by atoms with Crippen LogP contribution in [-0.2, 0) is 6.42 Å². The Morgan fingerprint density at radius 3 is 2.67 bits per heavy atom. The molecule has 2 N–H and O–H groups in total. The highest BCUT2D eigenvalue weighted by Crippen LogP contribution is 2.31. The maximum Gasteiger partial charge on any atom is 0.315 e. The van der Waals surface area contributed by atoms with Crippen molar-refractivity contribution in [3.8, 4) is 5.69 Å². The van der Waals surface area contributed by atoms with E-state index in [2.05, 4.69) is 15.7 Å². The summed E-state index contributed by atoms with van der Waals surface area (Å²) >= 11 is 0. The van der Waals surface area contributed by atoms with Gasteiger partial charge in [-0.1, -0.05) is 0 Å². The van der Waals surface area contributed by atoms with Crippen molar-refractivity contribution in [3.63, 3.8) is 0 Å². The lowest BCUT2D eigenvalue weighted by Crippen LogP contribution is -2.42. The molecule has 2 aromatic rings. The Morgan fingerprint density at radius 1 is 1.29 bits per heavy atom. The van der Waals surface area contributed by atoms with E-state index >= 15 is 0 Å². The van der Waals surface area contributed by atoms with E-state index in [1.165, 1.54) is 12.1 Å². The van der Waals surface area contributed by atoms with Gasteiger partial charge in [-0.15, -0.1) is 0 Å². The summed E-state index contributed by atoms with van der Waals surface area (Å²) in [4.78, 5) is 11.9. The Bertz CT molecular complexity index is 737. The van der Waals surface area contributed by atoms with E-state index in [4.69, 9.17) is 0 Å². The van der Waals surface area contributed by atoms with Gasteiger partial charge in [0, 0.05) is 23.4 Å². The highest BCUT2D eigenvalue weighted by Gasteiger charge is 2.26. The molecule has 0 aliphatic heterocycles. The molecule has 0 unspecified atom stereocenters. The van der Waals surface area contributed by atoms with Gasteiger partial charge in [0.25, 0.3) is 0 Å². The van der Waals surface area contributed by atoms with Crippen molar-refractivity contribution >= 4 is 6.03 Å². The number of rotatable bonds is 3. The number of halogens is 2. The van der Waals surface area contributed by atoms with Crippen LogP contribution in [-0.4, -0.2) is 21.9 Å². The van der Waals surface area contributed by atoms with Gasteiger partial charge in [-0.05, 0) is 45.2 Å². The normalized spacial score (nSPS) is 16.8. The average Bonchev–Trinajstić information content (AvgIpc) is 2.90. The number of hydrogen-bond donors (Lipinski definition) is 2. The van der Waals surface area contributed by atoms with Gasteiger partial charge in [-0.25, -0.2) is 18.3 Å². The minimum atomic E-state index is -0.643. The lowest BCUT2D eigenvalue weighted by molar-refractivity contribution is 0.233. The molecule has 0 radical (unpaired) electrons. The van der Waals surface area contributed by atoms with E-state index in [1.54, 1.807) is 10.9 Å². The van der Waals surface area contributed by atoms with Crippen LogP contribution in [0.3, 0.4) is 0 Å². The molecular formula is C17H20F2N4O. The van der Waals surface area contributed by atoms with Crippen molar-refractivity contribution in [1.82, 2.24) is 20.4 Å². The average molecular weight is 334 g/mol. The highest BCUT2D eigenvalue weighted by molar-refractivity contribution is 5.74. The third kappa shape index (κ3) is 3.39. The minimum absolute atomic E-state index is 0.0473. The summed E-state index contributed by atoms with van der Waals surface area (Å²) in [6.07, 6.45) is 4.08. The van der Waals surface area contributed by atoms with Crippen LogP contribution in [0.1, 0.15) is 44.0 Å². The molecule has 1 aromatic carbocycles. The molecule has 0 fully saturated rings. The predicted molar refractivity (Wildman–Crippen MR) is 86.0 cm³/mol. The zero-order valence-electron chi connectivity index (χ0n) is 13.6. The summed E-state index contributed by atoms with van der Waals surface area (Å²) < 4.78 is 28.5. The molecule has 1 heterocycles. The monoisotopic (exact) mass is 334 g/mol. The molecule has 24 heavy (non-hydrogen) atoms. The van der Waals surface area contributed by atoms with Gasteiger partial charge in [-0.3, -0.25) is 0 Å².